The van der Waals surface area contributed by atoms with Crippen molar-refractivity contribution in [2.75, 3.05) is 5.32 Å². The van der Waals surface area contributed by atoms with Crippen LogP contribution in [0.2, 0.25) is 5.02 Å². The molecule has 26 heavy (non-hydrogen) atoms. The Balaban J connectivity index is 1.90. The molecule has 4 rings (SSSR count). The number of carboxylic acids is 2. The van der Waals surface area contributed by atoms with E-state index in [0.717, 1.165) is 6.42 Å². The van der Waals surface area contributed by atoms with E-state index < -0.39 is 11.9 Å². The molecule has 0 spiro atoms. The van der Waals surface area contributed by atoms with Crippen molar-refractivity contribution in [3.8, 4) is 0 Å². The summed E-state index contributed by atoms with van der Waals surface area (Å²) in [5.74, 6) is -2.08. The first kappa shape index (κ1) is 16.7. The van der Waals surface area contributed by atoms with Crippen molar-refractivity contribution in [3.63, 3.8) is 0 Å². The lowest BCUT2D eigenvalue weighted by Gasteiger charge is -2.39. The Kier molecular flexibility index (Phi) is 3.96. The molecule has 3 N–H and O–H groups in total. The molecule has 0 saturated heterocycles. The molecule has 3 atom stereocenters. The number of carboxylic acid groups (broad SMARTS) is 2. The van der Waals surface area contributed by atoms with Crippen LogP contribution < -0.4 is 5.32 Å². The molecule has 6 heteroatoms. The van der Waals surface area contributed by atoms with Crippen LogP contribution in [0.15, 0.2) is 48.6 Å². The highest BCUT2D eigenvalue weighted by atomic mass is 35.5. The van der Waals surface area contributed by atoms with Crippen LogP contribution in [0.4, 0.5) is 5.69 Å². The summed E-state index contributed by atoms with van der Waals surface area (Å²) in [5, 5.41) is 22.9. The lowest BCUT2D eigenvalue weighted by Crippen LogP contribution is -2.31. The minimum Gasteiger partial charge on any atom is -0.478 e. The molecule has 0 amide bonds. The maximum atomic E-state index is 11.7. The van der Waals surface area contributed by atoms with Gasteiger partial charge >= 0.3 is 11.9 Å². The summed E-state index contributed by atoms with van der Waals surface area (Å²) in [5.41, 5.74) is 2.39. The predicted octanol–water partition coefficient (Wildman–Crippen LogP) is 4.56. The van der Waals surface area contributed by atoms with Crippen molar-refractivity contribution in [1.82, 2.24) is 0 Å². The summed E-state index contributed by atoms with van der Waals surface area (Å²) in [6, 6.07) is 9.72. The summed E-state index contributed by atoms with van der Waals surface area (Å²) in [6.07, 6.45) is 4.76. The maximum Gasteiger partial charge on any atom is 0.336 e. The van der Waals surface area contributed by atoms with Crippen molar-refractivity contribution < 1.29 is 19.8 Å². The largest absolute Gasteiger partial charge is 0.478 e. The van der Waals surface area contributed by atoms with Crippen molar-refractivity contribution in [2.45, 2.75) is 18.4 Å². The Morgan fingerprint density at radius 3 is 2.50 bits per heavy atom. The second-order valence-electron chi connectivity index (χ2n) is 6.56. The van der Waals surface area contributed by atoms with Crippen LogP contribution in [0.3, 0.4) is 0 Å². The molecule has 2 aromatic carbocycles. The average molecular weight is 370 g/mol. The Hall–Kier alpha value is -2.79. The topological polar surface area (TPSA) is 86.6 Å². The Bertz CT molecular complexity index is 953. The van der Waals surface area contributed by atoms with E-state index in [2.05, 4.69) is 5.32 Å². The van der Waals surface area contributed by atoms with E-state index in [1.165, 1.54) is 6.07 Å². The minimum absolute atomic E-state index is 0.0274. The van der Waals surface area contributed by atoms with Gasteiger partial charge < -0.3 is 15.5 Å². The lowest BCUT2D eigenvalue weighted by atomic mass is 9.74. The number of allylic oxidation sites excluding steroid dienone is 2. The van der Waals surface area contributed by atoms with E-state index >= 15 is 0 Å². The summed E-state index contributed by atoms with van der Waals surface area (Å²) in [4.78, 5) is 23.4. The molecule has 1 aliphatic carbocycles. The first-order chi connectivity index (χ1) is 12.5. The van der Waals surface area contributed by atoms with Gasteiger partial charge in [0.15, 0.2) is 0 Å². The fourth-order valence-corrected chi connectivity index (χ4v) is 4.35. The molecular weight excluding hydrogens is 354 g/mol. The molecule has 2 aliphatic rings. The molecule has 0 bridgehead atoms. The number of fused-ring (bicyclic) bond motifs is 3. The van der Waals surface area contributed by atoms with Gasteiger partial charge in [-0.05, 0) is 41.7 Å². The van der Waals surface area contributed by atoms with E-state index in [-0.39, 0.29) is 29.0 Å². The molecule has 0 fully saturated rings. The van der Waals surface area contributed by atoms with Gasteiger partial charge in [0.2, 0.25) is 0 Å². The predicted molar refractivity (Wildman–Crippen MR) is 98.2 cm³/mol. The minimum atomic E-state index is -0.997. The van der Waals surface area contributed by atoms with E-state index in [1.807, 2.05) is 18.2 Å². The third-order valence-electron chi connectivity index (χ3n) is 5.23. The number of carbonyl (C=O) groups is 2. The van der Waals surface area contributed by atoms with Crippen molar-refractivity contribution >= 4 is 29.2 Å². The van der Waals surface area contributed by atoms with Gasteiger partial charge in [-0.1, -0.05) is 42.0 Å². The van der Waals surface area contributed by atoms with Crippen molar-refractivity contribution in [1.29, 1.82) is 0 Å². The first-order valence-electron chi connectivity index (χ1n) is 8.30. The quantitative estimate of drug-likeness (QED) is 0.690. The van der Waals surface area contributed by atoms with E-state index in [1.54, 1.807) is 24.3 Å². The van der Waals surface area contributed by atoms with Crippen LogP contribution in [-0.2, 0) is 0 Å². The molecule has 0 aromatic heterocycles. The number of anilines is 1. The van der Waals surface area contributed by atoms with Crippen LogP contribution in [0, 0.1) is 5.92 Å². The maximum absolute atomic E-state index is 11.7. The zero-order chi connectivity index (χ0) is 18.4. The lowest BCUT2D eigenvalue weighted by molar-refractivity contribution is 0.0685. The van der Waals surface area contributed by atoms with Gasteiger partial charge in [-0.25, -0.2) is 9.59 Å². The highest BCUT2D eigenvalue weighted by Crippen LogP contribution is 2.53. The molecule has 1 aliphatic heterocycles. The zero-order valence-corrected chi connectivity index (χ0v) is 14.4. The Morgan fingerprint density at radius 2 is 1.77 bits per heavy atom. The number of nitrogens with one attached hydrogen (secondary N) is 1. The zero-order valence-electron chi connectivity index (χ0n) is 13.6. The molecule has 5 nitrogen and oxygen atoms in total. The summed E-state index contributed by atoms with van der Waals surface area (Å²) >= 11 is 6.37. The molecule has 0 radical (unpaired) electrons. The molecule has 0 saturated carbocycles. The highest BCUT2D eigenvalue weighted by molar-refractivity contribution is 6.33. The highest BCUT2D eigenvalue weighted by Gasteiger charge is 2.41. The van der Waals surface area contributed by atoms with Gasteiger partial charge in [0.25, 0.3) is 0 Å². The monoisotopic (exact) mass is 369 g/mol. The first-order valence-corrected chi connectivity index (χ1v) is 8.68. The number of hydrogen-bond acceptors (Lipinski definition) is 3. The van der Waals surface area contributed by atoms with Crippen LogP contribution in [-0.4, -0.2) is 22.2 Å². The fraction of sp³-hybridized carbons (Fsp3) is 0.200. The second kappa shape index (κ2) is 6.18. The smallest absolute Gasteiger partial charge is 0.336 e. The summed E-state index contributed by atoms with van der Waals surface area (Å²) in [6.45, 7) is 0. The molecule has 2 aromatic rings. The van der Waals surface area contributed by atoms with Gasteiger partial charge in [0.1, 0.15) is 0 Å². The van der Waals surface area contributed by atoms with Crippen molar-refractivity contribution in [2.24, 2.45) is 5.92 Å². The van der Waals surface area contributed by atoms with Gasteiger partial charge in [-0.2, -0.15) is 0 Å². The van der Waals surface area contributed by atoms with E-state index in [9.17, 15) is 19.8 Å². The normalized spacial score (nSPS) is 23.0. The second-order valence-corrected chi connectivity index (χ2v) is 6.96. The number of aromatic carboxylic acids is 2. The molecule has 0 unspecified atom stereocenters. The van der Waals surface area contributed by atoms with Gasteiger partial charge in [0, 0.05) is 5.92 Å². The number of benzene rings is 2. The summed E-state index contributed by atoms with van der Waals surface area (Å²) < 4.78 is 0. The van der Waals surface area contributed by atoms with Gasteiger partial charge in [-0.3, -0.25) is 0 Å². The van der Waals surface area contributed by atoms with Crippen LogP contribution >= 0.6 is 11.6 Å². The van der Waals surface area contributed by atoms with E-state index in [4.69, 9.17) is 11.6 Å². The van der Waals surface area contributed by atoms with Gasteiger partial charge in [-0.15, -0.1) is 0 Å². The Labute approximate surface area is 154 Å². The summed E-state index contributed by atoms with van der Waals surface area (Å²) in [7, 11) is 0. The molecule has 1 heterocycles. The average Bonchev–Trinajstić information content (AvgIpc) is 3.11. The third-order valence-corrected chi connectivity index (χ3v) is 5.54. The van der Waals surface area contributed by atoms with Crippen LogP contribution in [0.25, 0.3) is 0 Å². The number of rotatable bonds is 3. The standard InChI is InChI=1S/C20H16ClNO4/c21-15-9-8-14(20(25)26)16-10-6-3-7-11(10)17(22-18(15)16)12-4-1-2-5-13(12)19(23)24/h1-6,8-11,17,22H,7H2,(H,23,24)(H,25,26)/t10-,11+,17-/m1/s1. The third kappa shape index (κ3) is 2.47. The van der Waals surface area contributed by atoms with Gasteiger partial charge in [0.05, 0.1) is 27.9 Å². The molecule has 132 valence electrons. The van der Waals surface area contributed by atoms with Crippen molar-refractivity contribution in [3.05, 3.63) is 75.8 Å². The number of hydrogen-bond donors (Lipinski definition) is 3. The Morgan fingerprint density at radius 1 is 1.04 bits per heavy atom. The van der Waals surface area contributed by atoms with Crippen LogP contribution in [0.5, 0.6) is 0 Å². The SMILES string of the molecule is O=C(O)c1ccccc1[C@@H]1Nc2c(Cl)ccc(C(=O)O)c2[C@@H]2C=CC[C@@H]21. The number of halogens is 1. The van der Waals surface area contributed by atoms with E-state index in [0.29, 0.717) is 21.8 Å². The fourth-order valence-electron chi connectivity index (χ4n) is 4.13. The molecular formula is C20H16ClNO4. The van der Waals surface area contributed by atoms with Crippen LogP contribution in [0.1, 0.15) is 50.2 Å².